The predicted octanol–water partition coefficient (Wildman–Crippen LogP) is 2.65. The molecule has 0 aliphatic heterocycles. The van der Waals surface area contributed by atoms with E-state index in [1.807, 2.05) is 0 Å². The fourth-order valence-electron chi connectivity index (χ4n) is 1.53. The molecule has 2 N–H and O–H groups in total. The molecule has 4 heteroatoms. The topological polar surface area (TPSA) is 58.6 Å². The Morgan fingerprint density at radius 3 is 2.74 bits per heavy atom. The Morgan fingerprint density at radius 1 is 1.37 bits per heavy atom. The van der Waals surface area contributed by atoms with Crippen LogP contribution in [0.15, 0.2) is 24.3 Å². The molecule has 106 valence electrons. The first-order valence-electron chi connectivity index (χ1n) is 6.67. The maximum atomic E-state index is 10.8. The van der Waals surface area contributed by atoms with Crippen LogP contribution in [0, 0.1) is 11.8 Å². The molecule has 1 rings (SSSR count). The third-order valence-corrected chi connectivity index (χ3v) is 3.23. The smallest absolute Gasteiger partial charge is 0.335 e. The van der Waals surface area contributed by atoms with Gasteiger partial charge in [0, 0.05) is 6.54 Å². The molecule has 0 saturated carbocycles. The number of carboxylic acid groups (broad SMARTS) is 1. The van der Waals surface area contributed by atoms with Crippen LogP contribution in [0.1, 0.15) is 31.1 Å². The Balaban J connectivity index is 2.26. The standard InChI is InChI=1S/C15H23NO3/c1-11(2)12(3)10-16-7-8-19-14-6-4-5-13(9-14)15(17)18/h4-6,9,11-12,16H,7-8,10H2,1-3H3,(H,17,18). The Kier molecular flexibility index (Phi) is 6.36. The minimum Gasteiger partial charge on any atom is -0.492 e. The van der Waals surface area contributed by atoms with E-state index in [4.69, 9.17) is 9.84 Å². The van der Waals surface area contributed by atoms with Gasteiger partial charge in [-0.15, -0.1) is 0 Å². The second-order valence-corrected chi connectivity index (χ2v) is 5.11. The van der Waals surface area contributed by atoms with Crippen LogP contribution in [-0.4, -0.2) is 30.8 Å². The number of aromatic carboxylic acids is 1. The predicted molar refractivity (Wildman–Crippen MR) is 75.8 cm³/mol. The van der Waals surface area contributed by atoms with Gasteiger partial charge in [0.2, 0.25) is 0 Å². The zero-order valence-electron chi connectivity index (χ0n) is 11.8. The van der Waals surface area contributed by atoms with Crippen LogP contribution in [0.5, 0.6) is 5.75 Å². The second kappa shape index (κ2) is 7.79. The first kappa shape index (κ1) is 15.5. The highest BCUT2D eigenvalue weighted by Crippen LogP contribution is 2.13. The van der Waals surface area contributed by atoms with Gasteiger partial charge < -0.3 is 15.2 Å². The molecule has 0 saturated heterocycles. The van der Waals surface area contributed by atoms with Gasteiger partial charge in [0.05, 0.1) is 5.56 Å². The van der Waals surface area contributed by atoms with Crippen LogP contribution in [0.25, 0.3) is 0 Å². The summed E-state index contributed by atoms with van der Waals surface area (Å²) in [6, 6.07) is 6.55. The van der Waals surface area contributed by atoms with Crippen molar-refractivity contribution in [1.82, 2.24) is 5.32 Å². The average Bonchev–Trinajstić information content (AvgIpc) is 2.38. The minimum absolute atomic E-state index is 0.249. The van der Waals surface area contributed by atoms with Crippen molar-refractivity contribution < 1.29 is 14.6 Å². The summed E-state index contributed by atoms with van der Waals surface area (Å²) in [6.45, 7) is 8.90. The third-order valence-electron chi connectivity index (χ3n) is 3.23. The molecule has 1 unspecified atom stereocenters. The van der Waals surface area contributed by atoms with E-state index in [1.165, 1.54) is 0 Å². The summed E-state index contributed by atoms with van der Waals surface area (Å²) in [5.41, 5.74) is 0.249. The molecule has 4 nitrogen and oxygen atoms in total. The van der Waals surface area contributed by atoms with Crippen LogP contribution in [0.2, 0.25) is 0 Å². The average molecular weight is 265 g/mol. The normalized spacial score (nSPS) is 12.4. The number of rotatable bonds is 8. The van der Waals surface area contributed by atoms with E-state index in [0.717, 1.165) is 13.1 Å². The van der Waals surface area contributed by atoms with Crippen molar-refractivity contribution in [2.45, 2.75) is 20.8 Å². The Bertz CT molecular complexity index is 404. The van der Waals surface area contributed by atoms with E-state index in [0.29, 0.717) is 24.2 Å². The van der Waals surface area contributed by atoms with Crippen LogP contribution >= 0.6 is 0 Å². The molecule has 0 aliphatic rings. The van der Waals surface area contributed by atoms with Crippen molar-refractivity contribution in [1.29, 1.82) is 0 Å². The van der Waals surface area contributed by atoms with E-state index in [9.17, 15) is 4.79 Å². The van der Waals surface area contributed by atoms with E-state index < -0.39 is 5.97 Å². The summed E-state index contributed by atoms with van der Waals surface area (Å²) in [7, 11) is 0. The SMILES string of the molecule is CC(C)C(C)CNCCOc1cccc(C(=O)O)c1. The molecule has 0 fully saturated rings. The number of carboxylic acids is 1. The summed E-state index contributed by atoms with van der Waals surface area (Å²) in [5, 5.41) is 12.2. The van der Waals surface area contributed by atoms with E-state index in [1.54, 1.807) is 24.3 Å². The molecule has 1 aromatic carbocycles. The Morgan fingerprint density at radius 2 is 2.11 bits per heavy atom. The van der Waals surface area contributed by atoms with Crippen molar-refractivity contribution in [2.24, 2.45) is 11.8 Å². The fourth-order valence-corrected chi connectivity index (χ4v) is 1.53. The summed E-state index contributed by atoms with van der Waals surface area (Å²) < 4.78 is 5.51. The number of ether oxygens (including phenoxy) is 1. The van der Waals surface area contributed by atoms with Gasteiger partial charge in [-0.25, -0.2) is 4.79 Å². The van der Waals surface area contributed by atoms with Gasteiger partial charge in [-0.2, -0.15) is 0 Å². The highest BCUT2D eigenvalue weighted by atomic mass is 16.5. The first-order chi connectivity index (χ1) is 9.00. The summed E-state index contributed by atoms with van der Waals surface area (Å²) in [6.07, 6.45) is 0. The van der Waals surface area contributed by atoms with Crippen LogP contribution < -0.4 is 10.1 Å². The van der Waals surface area contributed by atoms with Crippen LogP contribution in [0.3, 0.4) is 0 Å². The second-order valence-electron chi connectivity index (χ2n) is 5.11. The van der Waals surface area contributed by atoms with E-state index in [2.05, 4.69) is 26.1 Å². The number of benzene rings is 1. The quantitative estimate of drug-likeness (QED) is 0.709. The third kappa shape index (κ3) is 5.75. The van der Waals surface area contributed by atoms with Crippen molar-refractivity contribution >= 4 is 5.97 Å². The van der Waals surface area contributed by atoms with Gasteiger partial charge in [-0.3, -0.25) is 0 Å². The monoisotopic (exact) mass is 265 g/mol. The molecule has 0 amide bonds. The molecule has 1 atom stereocenters. The van der Waals surface area contributed by atoms with Gasteiger partial charge >= 0.3 is 5.97 Å². The zero-order valence-corrected chi connectivity index (χ0v) is 11.8. The van der Waals surface area contributed by atoms with Crippen LogP contribution in [-0.2, 0) is 0 Å². The molecule has 0 aliphatic carbocycles. The molecule has 19 heavy (non-hydrogen) atoms. The van der Waals surface area contributed by atoms with E-state index in [-0.39, 0.29) is 5.56 Å². The number of hydrogen-bond donors (Lipinski definition) is 2. The molecule has 1 aromatic rings. The fraction of sp³-hybridized carbons (Fsp3) is 0.533. The Labute approximate surface area is 114 Å². The van der Waals surface area contributed by atoms with Crippen molar-refractivity contribution in [3.05, 3.63) is 29.8 Å². The molecule has 0 bridgehead atoms. The van der Waals surface area contributed by atoms with Crippen molar-refractivity contribution in [3.63, 3.8) is 0 Å². The van der Waals surface area contributed by atoms with Crippen molar-refractivity contribution in [3.8, 4) is 5.75 Å². The highest BCUT2D eigenvalue weighted by molar-refractivity contribution is 5.87. The first-order valence-corrected chi connectivity index (χ1v) is 6.67. The summed E-state index contributed by atoms with van der Waals surface area (Å²) in [5.74, 6) is 0.962. The van der Waals surface area contributed by atoms with Crippen molar-refractivity contribution in [2.75, 3.05) is 19.7 Å². The molecule has 0 aromatic heterocycles. The lowest BCUT2D eigenvalue weighted by Crippen LogP contribution is -2.28. The van der Waals surface area contributed by atoms with E-state index >= 15 is 0 Å². The van der Waals surface area contributed by atoms with Gasteiger partial charge in [0.25, 0.3) is 0 Å². The zero-order chi connectivity index (χ0) is 14.3. The maximum absolute atomic E-state index is 10.8. The van der Waals surface area contributed by atoms with Gasteiger partial charge in [-0.1, -0.05) is 26.8 Å². The Hall–Kier alpha value is -1.55. The number of carbonyl (C=O) groups is 1. The van der Waals surface area contributed by atoms with Gasteiger partial charge in [-0.05, 0) is 36.6 Å². The number of nitrogens with one attached hydrogen (secondary N) is 1. The largest absolute Gasteiger partial charge is 0.492 e. The highest BCUT2D eigenvalue weighted by Gasteiger charge is 2.06. The summed E-state index contributed by atoms with van der Waals surface area (Å²) >= 11 is 0. The molecular formula is C15H23NO3. The number of hydrogen-bond acceptors (Lipinski definition) is 3. The molecule has 0 radical (unpaired) electrons. The minimum atomic E-state index is -0.936. The summed E-state index contributed by atoms with van der Waals surface area (Å²) in [4.78, 5) is 10.8. The maximum Gasteiger partial charge on any atom is 0.335 e. The lowest BCUT2D eigenvalue weighted by molar-refractivity contribution is 0.0696. The molecular weight excluding hydrogens is 242 g/mol. The molecule has 0 spiro atoms. The van der Waals surface area contributed by atoms with Gasteiger partial charge in [0.15, 0.2) is 0 Å². The van der Waals surface area contributed by atoms with Gasteiger partial charge in [0.1, 0.15) is 12.4 Å². The lowest BCUT2D eigenvalue weighted by atomic mass is 9.98. The lowest BCUT2D eigenvalue weighted by Gasteiger charge is -2.16. The molecule has 0 heterocycles. The van der Waals surface area contributed by atoms with Crippen LogP contribution in [0.4, 0.5) is 0 Å².